The fourth-order valence-corrected chi connectivity index (χ4v) is 4.07. The van der Waals surface area contributed by atoms with Crippen LogP contribution in [0.5, 0.6) is 5.75 Å². The number of benzene rings is 2. The van der Waals surface area contributed by atoms with Gasteiger partial charge in [-0.25, -0.2) is 0 Å². The van der Waals surface area contributed by atoms with E-state index in [0.29, 0.717) is 17.2 Å². The fourth-order valence-electron chi connectivity index (χ4n) is 3.86. The van der Waals surface area contributed by atoms with Crippen molar-refractivity contribution < 1.29 is 23.8 Å². The predicted molar refractivity (Wildman–Crippen MR) is 117 cm³/mol. The first-order valence-corrected chi connectivity index (χ1v) is 9.96. The molecule has 31 heavy (non-hydrogen) atoms. The maximum atomic E-state index is 13.1. The summed E-state index contributed by atoms with van der Waals surface area (Å²) >= 11 is 6.30. The van der Waals surface area contributed by atoms with Crippen LogP contribution >= 0.6 is 11.6 Å². The zero-order valence-corrected chi connectivity index (χ0v) is 17.9. The predicted octanol–water partition coefficient (Wildman–Crippen LogP) is 5.18. The summed E-state index contributed by atoms with van der Waals surface area (Å²) in [7, 11) is 1.48. The van der Waals surface area contributed by atoms with Gasteiger partial charge in [-0.3, -0.25) is 14.5 Å². The van der Waals surface area contributed by atoms with Gasteiger partial charge in [-0.2, -0.15) is 0 Å². The van der Waals surface area contributed by atoms with Crippen LogP contribution in [0.2, 0.25) is 5.02 Å². The van der Waals surface area contributed by atoms with Crippen LogP contribution in [0.15, 0.2) is 64.8 Å². The summed E-state index contributed by atoms with van der Waals surface area (Å²) in [4.78, 5) is 27.6. The summed E-state index contributed by atoms with van der Waals surface area (Å²) in [5.74, 6) is -1.18. The number of amides is 1. The number of ether oxygens (including phenoxy) is 1. The lowest BCUT2D eigenvalue weighted by Crippen LogP contribution is -2.29. The smallest absolute Gasteiger partial charge is 0.300 e. The third kappa shape index (κ3) is 3.59. The molecule has 1 N–H and O–H groups in total. The first-order chi connectivity index (χ1) is 14.8. The molecule has 2 heterocycles. The van der Waals surface area contributed by atoms with E-state index in [9.17, 15) is 14.7 Å². The number of rotatable bonds is 4. The van der Waals surface area contributed by atoms with E-state index in [1.165, 1.54) is 24.3 Å². The van der Waals surface area contributed by atoms with Crippen molar-refractivity contribution in [3.8, 4) is 5.75 Å². The summed E-state index contributed by atoms with van der Waals surface area (Å²) in [5.41, 5.74) is 2.50. The van der Waals surface area contributed by atoms with Gasteiger partial charge in [0.1, 0.15) is 23.3 Å². The number of ketones is 1. The number of aliphatic hydroxyl groups is 1. The largest absolute Gasteiger partial charge is 0.507 e. The Bertz CT molecular complexity index is 1190. The number of furan rings is 1. The van der Waals surface area contributed by atoms with Crippen molar-refractivity contribution >= 4 is 34.7 Å². The number of carbonyl (C=O) groups is 2. The van der Waals surface area contributed by atoms with Gasteiger partial charge < -0.3 is 14.3 Å². The summed E-state index contributed by atoms with van der Waals surface area (Å²) in [6, 6.07) is 12.7. The van der Waals surface area contributed by atoms with E-state index in [-0.39, 0.29) is 16.2 Å². The van der Waals surface area contributed by atoms with Crippen LogP contribution in [0.3, 0.4) is 0 Å². The number of aliphatic hydroxyl groups excluding tert-OH is 1. The molecular formula is C24H20ClNO5. The van der Waals surface area contributed by atoms with Gasteiger partial charge >= 0.3 is 0 Å². The van der Waals surface area contributed by atoms with E-state index in [2.05, 4.69) is 0 Å². The molecule has 0 spiro atoms. The van der Waals surface area contributed by atoms with E-state index in [4.69, 9.17) is 20.8 Å². The van der Waals surface area contributed by atoms with Crippen molar-refractivity contribution in [2.24, 2.45) is 0 Å². The number of methoxy groups -OCH3 is 1. The minimum absolute atomic E-state index is 0.103. The van der Waals surface area contributed by atoms with Gasteiger partial charge in [0.05, 0.1) is 24.0 Å². The molecule has 1 fully saturated rings. The van der Waals surface area contributed by atoms with Crippen molar-refractivity contribution in [2.75, 3.05) is 12.0 Å². The van der Waals surface area contributed by atoms with Crippen LogP contribution in [0.4, 0.5) is 5.69 Å². The average Bonchev–Trinajstić information content (AvgIpc) is 3.34. The van der Waals surface area contributed by atoms with Crippen molar-refractivity contribution in [1.82, 2.24) is 0 Å². The second kappa shape index (κ2) is 7.96. The summed E-state index contributed by atoms with van der Waals surface area (Å²) in [5, 5.41) is 11.4. The van der Waals surface area contributed by atoms with E-state index in [1.54, 1.807) is 24.3 Å². The SMILES string of the molecule is COc1ccc(Cl)c(/C(O)=C2/C(=O)C(=O)N(c3cc(C)cc(C)c3)C2c2ccco2)c1. The number of halogens is 1. The van der Waals surface area contributed by atoms with Gasteiger partial charge in [0.25, 0.3) is 11.7 Å². The molecule has 7 heteroatoms. The van der Waals surface area contributed by atoms with Gasteiger partial charge in [0, 0.05) is 11.3 Å². The number of carbonyl (C=O) groups excluding carboxylic acids is 2. The van der Waals surface area contributed by atoms with E-state index in [0.717, 1.165) is 11.1 Å². The summed E-state index contributed by atoms with van der Waals surface area (Å²) < 4.78 is 10.8. The third-order valence-electron chi connectivity index (χ3n) is 5.17. The van der Waals surface area contributed by atoms with Crippen LogP contribution < -0.4 is 9.64 Å². The molecule has 1 aliphatic heterocycles. The monoisotopic (exact) mass is 437 g/mol. The normalized spacial score (nSPS) is 17.9. The van der Waals surface area contributed by atoms with Crippen LogP contribution in [-0.4, -0.2) is 23.9 Å². The Hall–Kier alpha value is -3.51. The lowest BCUT2D eigenvalue weighted by atomic mass is 9.98. The fraction of sp³-hybridized carbons (Fsp3) is 0.167. The highest BCUT2D eigenvalue weighted by molar-refractivity contribution is 6.52. The molecule has 1 atom stereocenters. The molecule has 6 nitrogen and oxygen atoms in total. The molecule has 1 aromatic heterocycles. The highest BCUT2D eigenvalue weighted by Crippen LogP contribution is 2.43. The lowest BCUT2D eigenvalue weighted by Gasteiger charge is -2.24. The van der Waals surface area contributed by atoms with E-state index in [1.807, 2.05) is 32.0 Å². The quantitative estimate of drug-likeness (QED) is 0.345. The van der Waals surface area contributed by atoms with Crippen molar-refractivity contribution in [1.29, 1.82) is 0 Å². The third-order valence-corrected chi connectivity index (χ3v) is 5.50. The van der Waals surface area contributed by atoms with Gasteiger partial charge in [0.2, 0.25) is 0 Å². The maximum Gasteiger partial charge on any atom is 0.300 e. The highest BCUT2D eigenvalue weighted by Gasteiger charge is 2.48. The molecule has 1 unspecified atom stereocenters. The number of nitrogens with zero attached hydrogens (tertiary/aromatic N) is 1. The molecule has 0 bridgehead atoms. The Morgan fingerprint density at radius 2 is 1.81 bits per heavy atom. The number of aryl methyl sites for hydroxylation is 2. The first-order valence-electron chi connectivity index (χ1n) is 9.58. The van der Waals surface area contributed by atoms with E-state index < -0.39 is 23.5 Å². The summed E-state index contributed by atoms with van der Waals surface area (Å²) in [6.07, 6.45) is 1.45. The Balaban J connectivity index is 1.97. The van der Waals surface area contributed by atoms with E-state index >= 15 is 0 Å². The lowest BCUT2D eigenvalue weighted by molar-refractivity contribution is -0.132. The van der Waals surface area contributed by atoms with Crippen molar-refractivity contribution in [2.45, 2.75) is 19.9 Å². The average molecular weight is 438 g/mol. The zero-order valence-electron chi connectivity index (χ0n) is 17.2. The molecule has 1 saturated heterocycles. The molecule has 0 aliphatic carbocycles. The number of Topliss-reactive ketones (excluding diaryl/α,β-unsaturated/α-hetero) is 1. The molecule has 1 aliphatic rings. The standard InChI is InChI=1S/C24H20ClNO5/c1-13-9-14(2)11-15(10-13)26-21(19-5-4-8-31-19)20(23(28)24(26)29)22(27)17-12-16(30-3)6-7-18(17)25/h4-12,21,27H,1-3H3/b22-20-. The van der Waals surface area contributed by atoms with Crippen LogP contribution in [0, 0.1) is 13.8 Å². The van der Waals surface area contributed by atoms with Crippen molar-refractivity contribution in [3.63, 3.8) is 0 Å². The minimum Gasteiger partial charge on any atom is -0.507 e. The minimum atomic E-state index is -0.946. The van der Waals surface area contributed by atoms with Crippen molar-refractivity contribution in [3.05, 3.63) is 87.8 Å². The van der Waals surface area contributed by atoms with Gasteiger partial charge in [-0.1, -0.05) is 17.7 Å². The number of anilines is 1. The Morgan fingerprint density at radius 3 is 2.42 bits per heavy atom. The van der Waals surface area contributed by atoms with Gasteiger partial charge in [0.15, 0.2) is 0 Å². The number of hydrogen-bond acceptors (Lipinski definition) is 5. The molecule has 1 amide bonds. The van der Waals surface area contributed by atoms with Crippen LogP contribution in [0.1, 0.15) is 28.5 Å². The van der Waals surface area contributed by atoms with Crippen LogP contribution in [0.25, 0.3) is 5.76 Å². The molecular weight excluding hydrogens is 418 g/mol. The molecule has 0 radical (unpaired) electrons. The Kier molecular flexibility index (Phi) is 5.33. The summed E-state index contributed by atoms with van der Waals surface area (Å²) in [6.45, 7) is 3.82. The molecule has 2 aromatic carbocycles. The topological polar surface area (TPSA) is 80.0 Å². The maximum absolute atomic E-state index is 13.1. The highest BCUT2D eigenvalue weighted by atomic mass is 35.5. The van der Waals surface area contributed by atoms with Gasteiger partial charge in [-0.05, 0) is 67.4 Å². The Morgan fingerprint density at radius 1 is 1.10 bits per heavy atom. The first kappa shape index (κ1) is 20.8. The second-order valence-electron chi connectivity index (χ2n) is 7.38. The molecule has 4 rings (SSSR count). The Labute approximate surface area is 184 Å². The molecule has 0 saturated carbocycles. The molecule has 158 valence electrons. The zero-order chi connectivity index (χ0) is 22.3. The van der Waals surface area contributed by atoms with Crippen LogP contribution in [-0.2, 0) is 9.59 Å². The molecule has 3 aromatic rings. The van der Waals surface area contributed by atoms with Gasteiger partial charge in [-0.15, -0.1) is 0 Å². The number of hydrogen-bond donors (Lipinski definition) is 1. The second-order valence-corrected chi connectivity index (χ2v) is 7.78.